The van der Waals surface area contributed by atoms with Gasteiger partial charge >= 0.3 is 5.97 Å². The van der Waals surface area contributed by atoms with Gasteiger partial charge in [0.05, 0.1) is 0 Å². The topological polar surface area (TPSA) is 49.3 Å². The standard InChI is InChI=1S/C12H23NO2S/c1-9(3-8-12(14)15)13-10-4-6-11(16-2)7-5-10/h9-11,13H,3-8H2,1-2H3,(H,14,15). The summed E-state index contributed by atoms with van der Waals surface area (Å²) in [5, 5.41) is 13.0. The highest BCUT2D eigenvalue weighted by molar-refractivity contribution is 7.99. The summed E-state index contributed by atoms with van der Waals surface area (Å²) in [7, 11) is 0. The van der Waals surface area contributed by atoms with E-state index in [9.17, 15) is 4.79 Å². The fourth-order valence-electron chi connectivity index (χ4n) is 2.29. The molecule has 94 valence electrons. The molecule has 1 saturated carbocycles. The van der Waals surface area contributed by atoms with Crippen LogP contribution in [0.3, 0.4) is 0 Å². The summed E-state index contributed by atoms with van der Waals surface area (Å²) in [5.41, 5.74) is 0. The highest BCUT2D eigenvalue weighted by atomic mass is 32.2. The van der Waals surface area contributed by atoms with Crippen molar-refractivity contribution < 1.29 is 9.90 Å². The van der Waals surface area contributed by atoms with Gasteiger partial charge in [0.25, 0.3) is 0 Å². The number of hydrogen-bond acceptors (Lipinski definition) is 3. The van der Waals surface area contributed by atoms with Gasteiger partial charge in [-0.2, -0.15) is 11.8 Å². The lowest BCUT2D eigenvalue weighted by Crippen LogP contribution is -2.39. The van der Waals surface area contributed by atoms with Gasteiger partial charge in [-0.05, 0) is 45.3 Å². The number of carboxylic acid groups (broad SMARTS) is 1. The molecule has 1 atom stereocenters. The van der Waals surface area contributed by atoms with Crippen LogP contribution in [0.1, 0.15) is 45.4 Å². The van der Waals surface area contributed by atoms with Gasteiger partial charge in [-0.25, -0.2) is 0 Å². The van der Waals surface area contributed by atoms with Gasteiger partial charge in [0.15, 0.2) is 0 Å². The molecule has 0 aliphatic heterocycles. The maximum absolute atomic E-state index is 10.4. The Kier molecular flexibility index (Phi) is 6.21. The second-order valence-corrected chi connectivity index (χ2v) is 5.85. The molecule has 0 aromatic carbocycles. The molecule has 2 N–H and O–H groups in total. The van der Waals surface area contributed by atoms with Crippen molar-refractivity contribution in [3.8, 4) is 0 Å². The van der Waals surface area contributed by atoms with E-state index >= 15 is 0 Å². The lowest BCUT2D eigenvalue weighted by atomic mass is 9.94. The molecule has 1 rings (SSSR count). The molecule has 0 aromatic rings. The molecule has 0 spiro atoms. The molecule has 1 aliphatic rings. The predicted molar refractivity (Wildman–Crippen MR) is 69.0 cm³/mol. The van der Waals surface area contributed by atoms with E-state index in [1.54, 1.807) is 0 Å². The Morgan fingerprint density at radius 1 is 1.44 bits per heavy atom. The molecule has 4 heteroatoms. The number of carboxylic acids is 1. The van der Waals surface area contributed by atoms with E-state index in [1.165, 1.54) is 25.7 Å². The summed E-state index contributed by atoms with van der Waals surface area (Å²) in [6, 6.07) is 0.930. The van der Waals surface area contributed by atoms with Crippen molar-refractivity contribution in [1.29, 1.82) is 0 Å². The first-order chi connectivity index (χ1) is 7.61. The molecular weight excluding hydrogens is 222 g/mol. The van der Waals surface area contributed by atoms with Crippen molar-refractivity contribution in [2.24, 2.45) is 0 Å². The zero-order chi connectivity index (χ0) is 12.0. The number of nitrogens with one attached hydrogen (secondary N) is 1. The molecular formula is C12H23NO2S. The van der Waals surface area contributed by atoms with E-state index in [0.29, 0.717) is 12.1 Å². The number of thioether (sulfide) groups is 1. The second-order valence-electron chi connectivity index (χ2n) is 4.71. The number of carbonyl (C=O) groups is 1. The Balaban J connectivity index is 2.15. The Hall–Kier alpha value is -0.220. The van der Waals surface area contributed by atoms with E-state index in [4.69, 9.17) is 5.11 Å². The van der Waals surface area contributed by atoms with Crippen LogP contribution in [-0.4, -0.2) is 34.7 Å². The summed E-state index contributed by atoms with van der Waals surface area (Å²) in [6.07, 6.45) is 8.26. The minimum atomic E-state index is -0.695. The molecule has 0 aromatic heterocycles. The SMILES string of the molecule is CSC1CCC(NC(C)CCC(=O)O)CC1. The van der Waals surface area contributed by atoms with Crippen LogP contribution >= 0.6 is 11.8 Å². The van der Waals surface area contributed by atoms with E-state index < -0.39 is 5.97 Å². The third-order valence-corrected chi connectivity index (χ3v) is 4.46. The van der Waals surface area contributed by atoms with Gasteiger partial charge in [-0.1, -0.05) is 0 Å². The van der Waals surface area contributed by atoms with Crippen LogP contribution in [0.25, 0.3) is 0 Å². The normalized spacial score (nSPS) is 27.6. The van der Waals surface area contributed by atoms with Crippen molar-refractivity contribution in [2.75, 3.05) is 6.26 Å². The van der Waals surface area contributed by atoms with Crippen molar-refractivity contribution in [2.45, 2.75) is 62.8 Å². The molecule has 0 heterocycles. The van der Waals surface area contributed by atoms with E-state index in [2.05, 4.69) is 18.5 Å². The summed E-state index contributed by atoms with van der Waals surface area (Å²) < 4.78 is 0. The summed E-state index contributed by atoms with van der Waals surface area (Å²) in [4.78, 5) is 10.4. The predicted octanol–water partition coefficient (Wildman–Crippen LogP) is 2.50. The van der Waals surface area contributed by atoms with E-state index in [0.717, 1.165) is 11.7 Å². The van der Waals surface area contributed by atoms with Gasteiger partial charge in [0.1, 0.15) is 0 Å². The number of aliphatic carboxylic acids is 1. The van der Waals surface area contributed by atoms with Crippen molar-refractivity contribution in [1.82, 2.24) is 5.32 Å². The van der Waals surface area contributed by atoms with Gasteiger partial charge in [0, 0.05) is 23.8 Å². The van der Waals surface area contributed by atoms with Crippen molar-refractivity contribution >= 4 is 17.7 Å². The lowest BCUT2D eigenvalue weighted by Gasteiger charge is -2.30. The quantitative estimate of drug-likeness (QED) is 0.755. The number of rotatable bonds is 6. The fraction of sp³-hybridized carbons (Fsp3) is 0.917. The maximum atomic E-state index is 10.4. The third-order valence-electron chi connectivity index (χ3n) is 3.32. The molecule has 16 heavy (non-hydrogen) atoms. The zero-order valence-corrected chi connectivity index (χ0v) is 11.1. The Labute approximate surface area is 102 Å². The molecule has 0 saturated heterocycles. The van der Waals surface area contributed by atoms with Crippen molar-refractivity contribution in [3.63, 3.8) is 0 Å². The second kappa shape index (κ2) is 7.17. The Morgan fingerprint density at radius 2 is 2.06 bits per heavy atom. The van der Waals surface area contributed by atoms with Crippen LogP contribution < -0.4 is 5.32 Å². The lowest BCUT2D eigenvalue weighted by molar-refractivity contribution is -0.137. The monoisotopic (exact) mass is 245 g/mol. The zero-order valence-electron chi connectivity index (χ0n) is 10.2. The first-order valence-corrected chi connectivity index (χ1v) is 7.41. The number of hydrogen-bond donors (Lipinski definition) is 2. The Morgan fingerprint density at radius 3 is 2.56 bits per heavy atom. The molecule has 1 aliphatic carbocycles. The van der Waals surface area contributed by atoms with E-state index in [-0.39, 0.29) is 6.42 Å². The smallest absolute Gasteiger partial charge is 0.303 e. The van der Waals surface area contributed by atoms with Crippen LogP contribution in [-0.2, 0) is 4.79 Å². The van der Waals surface area contributed by atoms with Gasteiger partial charge in [-0.15, -0.1) is 0 Å². The van der Waals surface area contributed by atoms with Gasteiger partial charge in [0.2, 0.25) is 0 Å². The summed E-state index contributed by atoms with van der Waals surface area (Å²) in [5.74, 6) is -0.695. The van der Waals surface area contributed by atoms with E-state index in [1.807, 2.05) is 11.8 Å². The van der Waals surface area contributed by atoms with Crippen molar-refractivity contribution in [3.05, 3.63) is 0 Å². The average molecular weight is 245 g/mol. The average Bonchev–Trinajstić information content (AvgIpc) is 2.27. The maximum Gasteiger partial charge on any atom is 0.303 e. The fourth-order valence-corrected chi connectivity index (χ4v) is 3.03. The van der Waals surface area contributed by atoms with Crippen LogP contribution in [0.4, 0.5) is 0 Å². The molecule has 1 fully saturated rings. The van der Waals surface area contributed by atoms with Crippen LogP contribution in [0.2, 0.25) is 0 Å². The Bertz CT molecular complexity index is 215. The first-order valence-electron chi connectivity index (χ1n) is 6.12. The van der Waals surface area contributed by atoms with Crippen LogP contribution in [0.5, 0.6) is 0 Å². The first kappa shape index (κ1) is 13.8. The molecule has 0 radical (unpaired) electrons. The molecule has 0 amide bonds. The molecule has 3 nitrogen and oxygen atoms in total. The van der Waals surface area contributed by atoms with Gasteiger partial charge < -0.3 is 10.4 Å². The highest BCUT2D eigenvalue weighted by Crippen LogP contribution is 2.27. The summed E-state index contributed by atoms with van der Waals surface area (Å²) in [6.45, 7) is 2.09. The largest absolute Gasteiger partial charge is 0.481 e. The highest BCUT2D eigenvalue weighted by Gasteiger charge is 2.21. The summed E-state index contributed by atoms with van der Waals surface area (Å²) >= 11 is 1.98. The van der Waals surface area contributed by atoms with Gasteiger partial charge in [-0.3, -0.25) is 4.79 Å². The van der Waals surface area contributed by atoms with Crippen LogP contribution in [0, 0.1) is 0 Å². The van der Waals surface area contributed by atoms with Crippen LogP contribution in [0.15, 0.2) is 0 Å². The molecule has 0 bridgehead atoms. The minimum Gasteiger partial charge on any atom is -0.481 e. The third kappa shape index (κ3) is 5.21. The minimum absolute atomic E-state index is 0.272. The molecule has 1 unspecified atom stereocenters.